The molecule has 4 heterocycles. The van der Waals surface area contributed by atoms with Crippen molar-refractivity contribution in [2.75, 3.05) is 31.5 Å². The van der Waals surface area contributed by atoms with Gasteiger partial charge in [0, 0.05) is 43.6 Å². The fourth-order valence-corrected chi connectivity index (χ4v) is 5.41. The number of nitrogens with one attached hydrogen (secondary N) is 1. The number of rotatable bonds is 8. The molecule has 7 rings (SSSR count). The fraction of sp³-hybridized carbons (Fsp3) is 0.300. The summed E-state index contributed by atoms with van der Waals surface area (Å²) in [4.78, 5) is 38.4. The van der Waals surface area contributed by atoms with Gasteiger partial charge in [0.1, 0.15) is 17.4 Å². The number of tetrazole rings is 1. The number of aromatic nitrogens is 6. The van der Waals surface area contributed by atoms with Gasteiger partial charge in [-0.25, -0.2) is 9.37 Å². The first-order chi connectivity index (χ1) is 21.8. The van der Waals surface area contributed by atoms with Crippen molar-refractivity contribution in [3.05, 3.63) is 83.9 Å². The molecule has 12 nitrogen and oxygen atoms in total. The number of carbonyl (C=O) groups is 2. The summed E-state index contributed by atoms with van der Waals surface area (Å²) in [6.07, 6.45) is 0.651. The molecule has 230 valence electrons. The lowest BCUT2D eigenvalue weighted by atomic mass is 10.0. The lowest BCUT2D eigenvalue weighted by Crippen LogP contribution is -2.50. The number of hydrogen-bond donors (Lipinski definition) is 1. The number of amides is 2. The third kappa shape index (κ3) is 5.85. The summed E-state index contributed by atoms with van der Waals surface area (Å²) in [5, 5.41) is 14.0. The summed E-state index contributed by atoms with van der Waals surface area (Å²) < 4.78 is 45.5. The zero-order chi connectivity index (χ0) is 31.1. The van der Waals surface area contributed by atoms with E-state index in [9.17, 15) is 22.8 Å². The molecule has 0 radical (unpaired) electrons. The first-order valence-electron chi connectivity index (χ1n) is 14.3. The summed E-state index contributed by atoms with van der Waals surface area (Å²) in [6, 6.07) is 17.1. The normalized spacial score (nSPS) is 19.2. The van der Waals surface area contributed by atoms with Crippen molar-refractivity contribution in [3.8, 4) is 11.5 Å². The third-order valence-electron chi connectivity index (χ3n) is 7.88. The maximum Gasteiger partial charge on any atom is 0.350 e. The molecule has 45 heavy (non-hydrogen) atoms. The van der Waals surface area contributed by atoms with Crippen molar-refractivity contribution >= 4 is 28.6 Å². The quantitative estimate of drug-likeness (QED) is 0.273. The second kappa shape index (κ2) is 11.7. The summed E-state index contributed by atoms with van der Waals surface area (Å²) in [5.74, 6) is -0.824. The minimum atomic E-state index is -2.90. The Kier molecular flexibility index (Phi) is 7.45. The molecule has 1 unspecified atom stereocenters. The Morgan fingerprint density at radius 1 is 1.00 bits per heavy atom. The van der Waals surface area contributed by atoms with Crippen molar-refractivity contribution in [3.63, 3.8) is 0 Å². The summed E-state index contributed by atoms with van der Waals surface area (Å²) in [5.41, 5.74) is 3.04. The van der Waals surface area contributed by atoms with Gasteiger partial charge < -0.3 is 14.6 Å². The zero-order valence-corrected chi connectivity index (χ0v) is 23.6. The molecule has 1 aliphatic carbocycles. The number of alkyl halides is 3. The molecule has 3 atom stereocenters. The van der Waals surface area contributed by atoms with Crippen LogP contribution in [0.4, 0.5) is 18.9 Å². The predicted molar refractivity (Wildman–Crippen MR) is 154 cm³/mol. The number of carbonyl (C=O) groups excluding carboxylic acids is 2. The molecule has 2 amide bonds. The summed E-state index contributed by atoms with van der Waals surface area (Å²) >= 11 is 0. The lowest BCUT2D eigenvalue weighted by molar-refractivity contribution is -0.117. The van der Waals surface area contributed by atoms with E-state index in [1.54, 1.807) is 35.2 Å². The topological polar surface area (TPSA) is 135 Å². The molecule has 1 saturated heterocycles. The molecule has 3 aromatic heterocycles. The number of fused-ring (bicyclic) bond motifs is 1. The van der Waals surface area contributed by atoms with E-state index in [1.807, 2.05) is 35.2 Å². The van der Waals surface area contributed by atoms with E-state index >= 15 is 0 Å². The molecule has 2 fully saturated rings. The summed E-state index contributed by atoms with van der Waals surface area (Å²) in [6.45, 7) is -1.31. The Balaban J connectivity index is 1.05. The molecule has 2 aromatic carbocycles. The van der Waals surface area contributed by atoms with E-state index in [4.69, 9.17) is 4.42 Å². The van der Waals surface area contributed by atoms with E-state index in [0.29, 0.717) is 48.5 Å². The van der Waals surface area contributed by atoms with Crippen LogP contribution in [0.15, 0.2) is 71.3 Å². The molecular weight excluding hydrogens is 591 g/mol. The van der Waals surface area contributed by atoms with E-state index in [-0.39, 0.29) is 40.4 Å². The predicted octanol–water partition coefficient (Wildman–Crippen LogP) is 4.12. The largest absolute Gasteiger partial charge is 0.436 e. The number of anilines is 1. The molecule has 0 bridgehead atoms. The van der Waals surface area contributed by atoms with Gasteiger partial charge in [0.15, 0.2) is 11.4 Å². The average molecular weight is 618 g/mol. The molecule has 1 saturated carbocycles. The van der Waals surface area contributed by atoms with Crippen LogP contribution in [0.1, 0.15) is 40.9 Å². The Hall–Kier alpha value is -5.18. The minimum Gasteiger partial charge on any atom is -0.436 e. The van der Waals surface area contributed by atoms with Crippen LogP contribution in [-0.4, -0.2) is 84.1 Å². The SMILES string of the molecule is O=C(Nc1ccc2oc(-c3ccnc(C(=O)N4CCN(C(c5ccccc5)c5nnn(C(F)F)n5)CC4)c3)nc2c1)[C@H]1C[C@H]1F. The Morgan fingerprint density at radius 3 is 2.49 bits per heavy atom. The molecule has 1 N–H and O–H groups in total. The van der Waals surface area contributed by atoms with Crippen LogP contribution in [0.2, 0.25) is 0 Å². The van der Waals surface area contributed by atoms with Crippen LogP contribution < -0.4 is 5.32 Å². The van der Waals surface area contributed by atoms with Gasteiger partial charge in [0.2, 0.25) is 11.8 Å². The van der Waals surface area contributed by atoms with Gasteiger partial charge in [-0.3, -0.25) is 19.5 Å². The molecule has 1 aliphatic heterocycles. The number of oxazole rings is 1. The highest BCUT2D eigenvalue weighted by Crippen LogP contribution is 2.35. The first-order valence-corrected chi connectivity index (χ1v) is 14.3. The van der Waals surface area contributed by atoms with Crippen molar-refractivity contribution < 1.29 is 27.2 Å². The monoisotopic (exact) mass is 617 g/mol. The highest BCUT2D eigenvalue weighted by atomic mass is 19.3. The van der Waals surface area contributed by atoms with Gasteiger partial charge in [0.25, 0.3) is 5.91 Å². The number of piperazine rings is 1. The van der Waals surface area contributed by atoms with Crippen molar-refractivity contribution in [1.29, 1.82) is 0 Å². The average Bonchev–Trinajstić information content (AvgIpc) is 3.40. The van der Waals surface area contributed by atoms with Crippen LogP contribution in [0, 0.1) is 5.92 Å². The number of benzene rings is 2. The summed E-state index contributed by atoms with van der Waals surface area (Å²) in [7, 11) is 0. The van der Waals surface area contributed by atoms with E-state index in [0.717, 1.165) is 5.56 Å². The smallest absolute Gasteiger partial charge is 0.350 e. The van der Waals surface area contributed by atoms with Crippen LogP contribution in [-0.2, 0) is 4.79 Å². The molecule has 5 aromatic rings. The highest BCUT2D eigenvalue weighted by molar-refractivity contribution is 5.96. The zero-order valence-electron chi connectivity index (χ0n) is 23.6. The Labute approximate surface area is 253 Å². The number of nitrogens with zero attached hydrogens (tertiary/aromatic N) is 8. The minimum absolute atomic E-state index is 0.153. The van der Waals surface area contributed by atoms with Crippen LogP contribution in [0.25, 0.3) is 22.6 Å². The van der Waals surface area contributed by atoms with Crippen molar-refractivity contribution in [2.45, 2.75) is 25.2 Å². The Bertz CT molecular complexity index is 1860. The van der Waals surface area contributed by atoms with Crippen LogP contribution in [0.5, 0.6) is 0 Å². The molecular formula is C30H26F3N9O3. The van der Waals surface area contributed by atoms with Crippen LogP contribution in [0.3, 0.4) is 0 Å². The maximum atomic E-state index is 13.5. The van der Waals surface area contributed by atoms with Gasteiger partial charge in [-0.2, -0.15) is 8.78 Å². The molecule has 2 aliphatic rings. The molecule has 15 heteroatoms. The van der Waals surface area contributed by atoms with E-state index in [1.165, 1.54) is 6.20 Å². The third-order valence-corrected chi connectivity index (χ3v) is 7.88. The maximum absolute atomic E-state index is 13.5. The first kappa shape index (κ1) is 28.6. The highest BCUT2D eigenvalue weighted by Gasteiger charge is 2.43. The van der Waals surface area contributed by atoms with Crippen LogP contribution >= 0.6 is 0 Å². The Morgan fingerprint density at radius 2 is 1.78 bits per heavy atom. The second-order valence-corrected chi connectivity index (χ2v) is 10.9. The van der Waals surface area contributed by atoms with E-state index in [2.05, 4.69) is 30.7 Å². The molecule has 0 spiro atoms. The standard InChI is InChI=1S/C30H26F3N9O3/c31-21-16-20(21)27(43)35-19-6-7-24-22(15-19)36-28(45-24)18-8-9-34-23(14-18)29(44)41-12-10-40(11-13-41)25(17-4-2-1-3-5-17)26-37-39-42(38-26)30(32)33/h1-9,14-15,20-21,25,30H,10-13,16H2,(H,35,43)/t20-,21+,25?/m0/s1. The van der Waals surface area contributed by atoms with Gasteiger partial charge in [-0.15, -0.1) is 10.2 Å². The lowest BCUT2D eigenvalue weighted by Gasteiger charge is -2.38. The number of pyridine rings is 1. The van der Waals surface area contributed by atoms with Gasteiger partial charge in [0.05, 0.1) is 12.0 Å². The fourth-order valence-electron chi connectivity index (χ4n) is 5.41. The van der Waals surface area contributed by atoms with Gasteiger partial charge in [-0.05, 0) is 47.5 Å². The second-order valence-electron chi connectivity index (χ2n) is 10.9. The van der Waals surface area contributed by atoms with Gasteiger partial charge >= 0.3 is 6.55 Å². The van der Waals surface area contributed by atoms with Crippen molar-refractivity contribution in [2.24, 2.45) is 5.92 Å². The van der Waals surface area contributed by atoms with Crippen molar-refractivity contribution in [1.82, 2.24) is 40.0 Å². The van der Waals surface area contributed by atoms with E-state index < -0.39 is 24.7 Å². The van der Waals surface area contributed by atoms with Gasteiger partial charge in [-0.1, -0.05) is 35.1 Å². The number of hydrogen-bond acceptors (Lipinski definition) is 9. The number of halogens is 3.